The highest BCUT2D eigenvalue weighted by Crippen LogP contribution is 2.28. The number of guanidine groups is 1. The second-order valence-corrected chi connectivity index (χ2v) is 7.45. The summed E-state index contributed by atoms with van der Waals surface area (Å²) in [5, 5.41) is 8.29. The number of nitrogens with one attached hydrogen (secondary N) is 2. The van der Waals surface area contributed by atoms with Gasteiger partial charge in [-0.2, -0.15) is 0 Å². The third kappa shape index (κ3) is 5.60. The third-order valence-corrected chi connectivity index (χ3v) is 5.15. The maximum atomic E-state index is 11.1. The summed E-state index contributed by atoms with van der Waals surface area (Å²) in [4.78, 5) is 20.0. The van der Waals surface area contributed by atoms with E-state index in [1.54, 1.807) is 7.11 Å². The van der Waals surface area contributed by atoms with Gasteiger partial charge in [0.05, 0.1) is 7.11 Å². The lowest BCUT2D eigenvalue weighted by atomic mass is 10.1. The van der Waals surface area contributed by atoms with Crippen LogP contribution in [0.25, 0.3) is 11.5 Å². The Kier molecular flexibility index (Phi) is 7.08. The second kappa shape index (κ2) is 9.93. The normalized spacial score (nSPS) is 11.4. The van der Waals surface area contributed by atoms with Crippen LogP contribution in [0.5, 0.6) is 5.75 Å². The summed E-state index contributed by atoms with van der Waals surface area (Å²) in [7, 11) is 1.65. The van der Waals surface area contributed by atoms with Crippen molar-refractivity contribution in [2.24, 2.45) is 10.7 Å². The van der Waals surface area contributed by atoms with E-state index in [9.17, 15) is 4.79 Å². The SMILES string of the molecule is COc1ccccc1CCN=C(N)Nc1nc(-c2cc(CNC(C)=O)c(C)o2)cs1. The van der Waals surface area contributed by atoms with E-state index in [2.05, 4.69) is 20.6 Å². The predicted molar refractivity (Wildman–Crippen MR) is 119 cm³/mol. The molecule has 0 aliphatic carbocycles. The number of nitrogens with zero attached hydrogens (tertiary/aromatic N) is 2. The summed E-state index contributed by atoms with van der Waals surface area (Å²) in [6.45, 7) is 4.29. The Morgan fingerprint density at radius 3 is 2.90 bits per heavy atom. The smallest absolute Gasteiger partial charge is 0.217 e. The molecule has 158 valence electrons. The highest BCUT2D eigenvalue weighted by Gasteiger charge is 2.13. The van der Waals surface area contributed by atoms with E-state index in [-0.39, 0.29) is 5.91 Å². The lowest BCUT2D eigenvalue weighted by molar-refractivity contribution is -0.119. The van der Waals surface area contributed by atoms with Gasteiger partial charge in [-0.1, -0.05) is 18.2 Å². The summed E-state index contributed by atoms with van der Waals surface area (Å²) < 4.78 is 11.1. The van der Waals surface area contributed by atoms with E-state index < -0.39 is 0 Å². The molecule has 0 bridgehead atoms. The number of carbonyl (C=O) groups is 1. The first-order valence-electron chi connectivity index (χ1n) is 9.44. The van der Waals surface area contributed by atoms with Gasteiger partial charge in [-0.3, -0.25) is 9.79 Å². The molecule has 4 N–H and O–H groups in total. The fraction of sp³-hybridized carbons (Fsp3) is 0.286. The zero-order valence-electron chi connectivity index (χ0n) is 17.2. The number of methoxy groups -OCH3 is 1. The maximum Gasteiger partial charge on any atom is 0.217 e. The van der Waals surface area contributed by atoms with Crippen LogP contribution in [-0.4, -0.2) is 30.5 Å². The quantitative estimate of drug-likeness (QED) is 0.375. The molecule has 0 unspecified atom stereocenters. The van der Waals surface area contributed by atoms with Crippen LogP contribution in [0.1, 0.15) is 23.8 Å². The Hall–Kier alpha value is -3.33. The van der Waals surface area contributed by atoms with Gasteiger partial charge in [-0.05, 0) is 31.0 Å². The fourth-order valence-electron chi connectivity index (χ4n) is 2.84. The van der Waals surface area contributed by atoms with Crippen LogP contribution in [0.4, 0.5) is 5.13 Å². The van der Waals surface area contributed by atoms with E-state index in [0.717, 1.165) is 29.1 Å². The number of para-hydroxylation sites is 1. The minimum Gasteiger partial charge on any atom is -0.496 e. The summed E-state index contributed by atoms with van der Waals surface area (Å²) in [5.74, 6) is 2.45. The molecule has 0 aliphatic rings. The molecule has 0 atom stereocenters. The summed E-state index contributed by atoms with van der Waals surface area (Å²) in [6.07, 6.45) is 0.720. The van der Waals surface area contributed by atoms with Crippen LogP contribution in [-0.2, 0) is 17.8 Å². The molecule has 30 heavy (non-hydrogen) atoms. The van der Waals surface area contributed by atoms with Crippen molar-refractivity contribution >= 4 is 28.3 Å². The Balaban J connectivity index is 1.59. The average Bonchev–Trinajstić information content (AvgIpc) is 3.33. The van der Waals surface area contributed by atoms with Gasteiger partial charge in [0.2, 0.25) is 5.91 Å². The van der Waals surface area contributed by atoms with E-state index >= 15 is 0 Å². The number of aliphatic imine (C=N–C) groups is 1. The molecule has 3 aromatic rings. The number of amides is 1. The first-order valence-corrected chi connectivity index (χ1v) is 10.3. The van der Waals surface area contributed by atoms with Gasteiger partial charge in [0.15, 0.2) is 16.9 Å². The largest absolute Gasteiger partial charge is 0.496 e. The van der Waals surface area contributed by atoms with Gasteiger partial charge >= 0.3 is 0 Å². The highest BCUT2D eigenvalue weighted by atomic mass is 32.1. The van der Waals surface area contributed by atoms with Crippen molar-refractivity contribution in [2.75, 3.05) is 19.0 Å². The number of anilines is 1. The maximum absolute atomic E-state index is 11.1. The Bertz CT molecular complexity index is 1040. The lowest BCUT2D eigenvalue weighted by Gasteiger charge is -2.06. The Morgan fingerprint density at radius 2 is 2.13 bits per heavy atom. The summed E-state index contributed by atoms with van der Waals surface area (Å²) >= 11 is 1.41. The van der Waals surface area contributed by atoms with Crippen LogP contribution in [0.3, 0.4) is 0 Å². The predicted octanol–water partition coefficient (Wildman–Crippen LogP) is 3.33. The number of nitrogens with two attached hydrogens (primary N) is 1. The molecule has 0 saturated heterocycles. The minimum absolute atomic E-state index is 0.0854. The van der Waals surface area contributed by atoms with Gasteiger partial charge < -0.3 is 25.5 Å². The molecule has 0 radical (unpaired) electrons. The lowest BCUT2D eigenvalue weighted by Crippen LogP contribution is -2.23. The van der Waals surface area contributed by atoms with Crippen molar-refractivity contribution in [3.8, 4) is 17.2 Å². The zero-order valence-corrected chi connectivity index (χ0v) is 18.0. The van der Waals surface area contributed by atoms with Crippen LogP contribution >= 0.6 is 11.3 Å². The van der Waals surface area contributed by atoms with Crippen molar-refractivity contribution in [1.82, 2.24) is 10.3 Å². The number of rotatable bonds is 8. The van der Waals surface area contributed by atoms with E-state index in [0.29, 0.717) is 35.6 Å². The van der Waals surface area contributed by atoms with E-state index in [1.807, 2.05) is 42.6 Å². The number of benzene rings is 1. The van der Waals surface area contributed by atoms with E-state index in [4.69, 9.17) is 14.9 Å². The van der Waals surface area contributed by atoms with Crippen molar-refractivity contribution in [1.29, 1.82) is 0 Å². The van der Waals surface area contributed by atoms with Crippen molar-refractivity contribution < 1.29 is 13.9 Å². The molecule has 0 fully saturated rings. The number of hydrogen-bond donors (Lipinski definition) is 3. The minimum atomic E-state index is -0.0854. The zero-order chi connectivity index (χ0) is 21.5. The summed E-state index contributed by atoms with van der Waals surface area (Å²) in [5.41, 5.74) is 8.69. The third-order valence-electron chi connectivity index (χ3n) is 4.40. The topological polar surface area (TPSA) is 115 Å². The molecular formula is C21H25N5O3S. The summed E-state index contributed by atoms with van der Waals surface area (Å²) in [6, 6.07) is 9.73. The fourth-order valence-corrected chi connectivity index (χ4v) is 3.55. The number of aryl methyl sites for hydroxylation is 1. The van der Waals surface area contributed by atoms with Gasteiger partial charge in [0, 0.05) is 31.0 Å². The average molecular weight is 428 g/mol. The molecule has 3 rings (SSSR count). The number of aromatic nitrogens is 1. The van der Waals surface area contributed by atoms with Crippen LogP contribution in [0.15, 0.2) is 45.1 Å². The van der Waals surface area contributed by atoms with Crippen LogP contribution in [0.2, 0.25) is 0 Å². The van der Waals surface area contributed by atoms with Crippen LogP contribution in [0, 0.1) is 6.92 Å². The molecule has 0 aliphatic heterocycles. The van der Waals surface area contributed by atoms with Crippen molar-refractivity contribution in [3.05, 3.63) is 52.6 Å². The molecule has 8 nitrogen and oxygen atoms in total. The van der Waals surface area contributed by atoms with Gasteiger partial charge in [0.25, 0.3) is 0 Å². The molecule has 0 spiro atoms. The second-order valence-electron chi connectivity index (χ2n) is 6.59. The first kappa shape index (κ1) is 21.4. The molecule has 1 amide bonds. The van der Waals surface area contributed by atoms with Crippen molar-refractivity contribution in [2.45, 2.75) is 26.8 Å². The number of ether oxygens (including phenoxy) is 1. The monoisotopic (exact) mass is 427 g/mol. The molecule has 2 aromatic heterocycles. The Morgan fingerprint density at radius 1 is 1.33 bits per heavy atom. The first-order chi connectivity index (χ1) is 14.5. The number of carbonyl (C=O) groups excluding carboxylic acids is 1. The molecule has 2 heterocycles. The van der Waals surface area contributed by atoms with Crippen molar-refractivity contribution in [3.63, 3.8) is 0 Å². The molecule has 0 saturated carbocycles. The molecule has 9 heteroatoms. The number of furan rings is 1. The number of thiazole rings is 1. The van der Waals surface area contributed by atoms with Gasteiger partial charge in [-0.15, -0.1) is 11.3 Å². The van der Waals surface area contributed by atoms with Crippen LogP contribution < -0.4 is 21.1 Å². The molecular weight excluding hydrogens is 402 g/mol. The van der Waals surface area contributed by atoms with E-state index in [1.165, 1.54) is 18.3 Å². The Labute approximate surface area is 179 Å². The molecule has 1 aromatic carbocycles. The number of hydrogen-bond acceptors (Lipinski definition) is 6. The van der Waals surface area contributed by atoms with Gasteiger partial charge in [0.1, 0.15) is 17.2 Å². The standard InChI is InChI=1S/C21H25N5O3S/c1-13-16(11-24-14(2)27)10-19(29-13)17-12-30-21(25-17)26-20(22)23-9-8-15-6-4-5-7-18(15)28-3/h4-7,10,12H,8-9,11H2,1-3H3,(H,24,27)(H3,22,23,25,26). The highest BCUT2D eigenvalue weighted by molar-refractivity contribution is 7.14. The van der Waals surface area contributed by atoms with Gasteiger partial charge in [-0.25, -0.2) is 4.98 Å².